The summed E-state index contributed by atoms with van der Waals surface area (Å²) in [6.45, 7) is 2.48. The van der Waals surface area contributed by atoms with Crippen LogP contribution in [-0.2, 0) is 6.54 Å². The smallest absolute Gasteiger partial charge is 0.199 e. The summed E-state index contributed by atoms with van der Waals surface area (Å²) in [5.74, 6) is -1.08. The molecule has 3 aromatic rings. The van der Waals surface area contributed by atoms with Crippen LogP contribution in [0.3, 0.4) is 0 Å². The average Bonchev–Trinajstić information content (AvgIpc) is 3.18. The molecule has 0 bridgehead atoms. The Bertz CT molecular complexity index is 890. The van der Waals surface area contributed by atoms with Crippen molar-refractivity contribution < 1.29 is 10.6 Å². The van der Waals surface area contributed by atoms with Crippen LogP contribution in [0.2, 0.25) is 5.02 Å². The number of H-pyrrole nitrogens is 1. The van der Waals surface area contributed by atoms with Gasteiger partial charge in [-0.1, -0.05) is 24.6 Å². The average molecular weight is 375 g/mol. The van der Waals surface area contributed by atoms with Gasteiger partial charge in [0.1, 0.15) is 5.82 Å². The first-order valence-corrected chi connectivity index (χ1v) is 8.63. The van der Waals surface area contributed by atoms with Gasteiger partial charge in [0, 0.05) is 49.3 Å². The Kier molecular flexibility index (Phi) is 5.75. The fourth-order valence-electron chi connectivity index (χ4n) is 2.78. The van der Waals surface area contributed by atoms with Gasteiger partial charge < -0.3 is 5.32 Å². The van der Waals surface area contributed by atoms with Crippen LogP contribution in [0.25, 0.3) is 0 Å². The molecule has 7 heteroatoms. The molecule has 0 saturated heterocycles. The van der Waals surface area contributed by atoms with Crippen molar-refractivity contribution in [1.29, 1.82) is 0 Å². The Labute approximate surface area is 157 Å². The number of carbonyl (C=O) groups excluding carboxylic acids is 1. The van der Waals surface area contributed by atoms with E-state index < -0.39 is 11.6 Å². The van der Waals surface area contributed by atoms with E-state index in [1.54, 1.807) is 42.9 Å². The van der Waals surface area contributed by atoms with Crippen LogP contribution in [0.1, 0.15) is 47.9 Å². The van der Waals surface area contributed by atoms with Gasteiger partial charge in [-0.15, -0.1) is 0 Å². The first-order chi connectivity index (χ1) is 12.6. The third kappa shape index (κ3) is 3.81. The molecule has 2 N–H and O–H groups in total. The van der Waals surface area contributed by atoms with Gasteiger partial charge in [0.25, 0.3) is 0 Å². The molecule has 2 heterocycles. The van der Waals surface area contributed by atoms with E-state index in [1.165, 1.54) is 6.20 Å². The third-order valence-corrected chi connectivity index (χ3v) is 4.48. The maximum Gasteiger partial charge on any atom is 0.199 e. The van der Waals surface area contributed by atoms with E-state index in [0.29, 0.717) is 24.1 Å². The molecule has 1 aromatic carbocycles. The Morgan fingerprint density at radius 2 is 2.23 bits per heavy atom. The lowest BCUT2D eigenvalue weighted by molar-refractivity contribution is 0.103. The molecule has 5 nitrogen and oxygen atoms in total. The number of ketones is 1. The molecule has 3 rings (SSSR count). The van der Waals surface area contributed by atoms with Gasteiger partial charge in [-0.05, 0) is 24.6 Å². The maximum atomic E-state index is 15.2. The number of aromatic amines is 1. The first kappa shape index (κ1) is 18.2. The molecule has 1 atom stereocenters. The van der Waals surface area contributed by atoms with Crippen LogP contribution < -0.4 is 5.32 Å². The van der Waals surface area contributed by atoms with E-state index in [9.17, 15) is 4.79 Å². The van der Waals surface area contributed by atoms with Gasteiger partial charge in [-0.25, -0.2) is 4.39 Å². The van der Waals surface area contributed by atoms with Gasteiger partial charge in [-0.2, -0.15) is 5.10 Å². The minimum atomic E-state index is -0.599. The van der Waals surface area contributed by atoms with Crippen LogP contribution >= 0.6 is 11.6 Å². The highest BCUT2D eigenvalue weighted by molar-refractivity contribution is 6.35. The number of hydrogen-bond donors (Lipinski definition) is 2. The lowest BCUT2D eigenvalue weighted by Gasteiger charge is -2.19. The number of aromatic nitrogens is 3. The molecule has 0 amide bonds. The van der Waals surface area contributed by atoms with E-state index in [1.807, 2.05) is 6.92 Å². The topological polar surface area (TPSA) is 70.7 Å². The molecule has 2 aromatic heterocycles. The van der Waals surface area contributed by atoms with Crippen LogP contribution in [0.15, 0.2) is 49.1 Å². The van der Waals surface area contributed by atoms with Crippen molar-refractivity contribution in [3.05, 3.63) is 82.1 Å². The molecule has 0 unspecified atom stereocenters. The standard InChI is InChI=1S/C19H18ClFN4O.H2/c1-2-16(23-8-12-9-24-25-10-12)14-5-6-15(20)17(18(14)21)19(26)13-4-3-7-22-11-13;/h3-7,9-11,16,23H,2,8H2,1H3,(H,24,25);1H/t16-;/m1./s1. The highest BCUT2D eigenvalue weighted by Crippen LogP contribution is 2.29. The van der Waals surface area contributed by atoms with Crippen LogP contribution in [-0.4, -0.2) is 21.0 Å². The van der Waals surface area contributed by atoms with E-state index in [2.05, 4.69) is 20.5 Å². The third-order valence-electron chi connectivity index (χ3n) is 4.16. The zero-order valence-electron chi connectivity index (χ0n) is 14.2. The van der Waals surface area contributed by atoms with E-state index >= 15 is 4.39 Å². The Morgan fingerprint density at radius 3 is 2.88 bits per heavy atom. The molecule has 0 radical (unpaired) electrons. The number of benzene rings is 1. The van der Waals surface area contributed by atoms with Gasteiger partial charge in [0.05, 0.1) is 16.8 Å². The Hall–Kier alpha value is -2.57. The second-order valence-electron chi connectivity index (χ2n) is 5.84. The molecule has 0 aliphatic rings. The van der Waals surface area contributed by atoms with Crippen molar-refractivity contribution in [3.63, 3.8) is 0 Å². The highest BCUT2D eigenvalue weighted by Gasteiger charge is 2.24. The summed E-state index contributed by atoms with van der Waals surface area (Å²) >= 11 is 6.14. The quantitative estimate of drug-likeness (QED) is 0.604. The van der Waals surface area contributed by atoms with Crippen LogP contribution in [0.4, 0.5) is 4.39 Å². The molecule has 0 fully saturated rings. The fourth-order valence-corrected chi connectivity index (χ4v) is 3.01. The van der Waals surface area contributed by atoms with Gasteiger partial charge in [0.2, 0.25) is 0 Å². The van der Waals surface area contributed by atoms with E-state index in [-0.39, 0.29) is 18.1 Å². The van der Waals surface area contributed by atoms with Gasteiger partial charge in [-0.3, -0.25) is 14.9 Å². The minimum absolute atomic E-state index is 0. The second kappa shape index (κ2) is 8.21. The van der Waals surface area contributed by atoms with E-state index in [4.69, 9.17) is 11.6 Å². The summed E-state index contributed by atoms with van der Waals surface area (Å²) in [4.78, 5) is 16.6. The number of rotatable bonds is 7. The Morgan fingerprint density at radius 1 is 1.38 bits per heavy atom. The van der Waals surface area contributed by atoms with Crippen LogP contribution in [0.5, 0.6) is 0 Å². The molecule has 0 aliphatic heterocycles. The molecule has 0 spiro atoms. The van der Waals surface area contributed by atoms with Crippen LogP contribution in [0, 0.1) is 5.82 Å². The van der Waals surface area contributed by atoms with Gasteiger partial charge in [0.15, 0.2) is 5.78 Å². The van der Waals surface area contributed by atoms with Gasteiger partial charge >= 0.3 is 0 Å². The molecular weight excluding hydrogens is 355 g/mol. The maximum absolute atomic E-state index is 15.2. The zero-order chi connectivity index (χ0) is 18.5. The van der Waals surface area contributed by atoms with Crippen molar-refractivity contribution in [2.24, 2.45) is 0 Å². The van der Waals surface area contributed by atoms with Crippen molar-refractivity contribution in [3.8, 4) is 0 Å². The molecular formula is C19H20ClFN4O. The number of pyridine rings is 1. The molecule has 26 heavy (non-hydrogen) atoms. The second-order valence-corrected chi connectivity index (χ2v) is 6.25. The zero-order valence-corrected chi connectivity index (χ0v) is 14.9. The lowest BCUT2D eigenvalue weighted by Crippen LogP contribution is -2.22. The summed E-state index contributed by atoms with van der Waals surface area (Å²) in [7, 11) is 0. The minimum Gasteiger partial charge on any atom is -0.306 e. The van der Waals surface area contributed by atoms with Crippen molar-refractivity contribution in [2.45, 2.75) is 25.9 Å². The first-order valence-electron chi connectivity index (χ1n) is 8.25. The normalized spacial score (nSPS) is 12.1. The molecule has 0 saturated carbocycles. The van der Waals surface area contributed by atoms with E-state index in [0.717, 1.165) is 5.56 Å². The molecule has 136 valence electrons. The molecule has 0 aliphatic carbocycles. The van der Waals surface area contributed by atoms with Crippen molar-refractivity contribution >= 4 is 17.4 Å². The van der Waals surface area contributed by atoms with Crippen molar-refractivity contribution in [1.82, 2.24) is 20.5 Å². The monoisotopic (exact) mass is 374 g/mol. The predicted molar refractivity (Wildman–Crippen MR) is 99.7 cm³/mol. The number of carbonyl (C=O) groups is 1. The predicted octanol–water partition coefficient (Wildman–Crippen LogP) is 4.32. The lowest BCUT2D eigenvalue weighted by atomic mass is 9.96. The SMILES string of the molecule is CC[C@@H](NCc1cn[nH]c1)c1ccc(Cl)c(C(=O)c2cccnc2)c1F.[HH]. The summed E-state index contributed by atoms with van der Waals surface area (Å²) in [6.07, 6.45) is 7.08. The van der Waals surface area contributed by atoms with Crippen molar-refractivity contribution in [2.75, 3.05) is 0 Å². The number of halogens is 2. The summed E-state index contributed by atoms with van der Waals surface area (Å²) in [5, 5.41) is 10.0. The summed E-state index contributed by atoms with van der Waals surface area (Å²) < 4.78 is 15.2. The number of hydrogen-bond acceptors (Lipinski definition) is 4. The highest BCUT2D eigenvalue weighted by atomic mass is 35.5. The number of nitrogens with one attached hydrogen (secondary N) is 2. The number of nitrogens with zero attached hydrogens (tertiary/aromatic N) is 2. The summed E-state index contributed by atoms with van der Waals surface area (Å²) in [6, 6.07) is 6.14. The Balaban J connectivity index is 0.00000261. The summed E-state index contributed by atoms with van der Waals surface area (Å²) in [5.41, 5.74) is 1.54. The fraction of sp³-hybridized carbons (Fsp3) is 0.211. The largest absolute Gasteiger partial charge is 0.306 e.